The molecule has 0 heterocycles. The number of rotatable bonds is 0. The van der Waals surface area contributed by atoms with Crippen LogP contribution in [0, 0.1) is 0 Å². The second-order valence-electron chi connectivity index (χ2n) is 0.513. The van der Waals surface area contributed by atoms with Crippen LogP contribution in [0.25, 0.3) is 0 Å². The Hall–Kier alpha value is 1.41. The van der Waals surface area contributed by atoms with Gasteiger partial charge in [-0.2, -0.15) is 0 Å². The van der Waals surface area contributed by atoms with Crippen LogP contribution in [0.15, 0.2) is 0 Å². The molecule has 0 aliphatic carbocycles. The van der Waals surface area contributed by atoms with Crippen molar-refractivity contribution in [3.8, 4) is 0 Å². The van der Waals surface area contributed by atoms with Gasteiger partial charge >= 0.3 is 30.9 Å². The van der Waals surface area contributed by atoms with Gasteiger partial charge in [-0.1, -0.05) is 0 Å². The molecule has 3 N–H and O–H groups in total. The topological polar surface area (TPSA) is 77.8 Å². The quantitative estimate of drug-likeness (QED) is 0.272. The van der Waals surface area contributed by atoms with E-state index in [0.29, 0.717) is 0 Å². The molecule has 7 heavy (non-hydrogen) atoms. The van der Waals surface area contributed by atoms with Gasteiger partial charge in [0, 0.05) is 0 Å². The van der Waals surface area contributed by atoms with Gasteiger partial charge in [0.2, 0.25) is 0 Å². The van der Waals surface area contributed by atoms with Gasteiger partial charge in [0.15, 0.2) is 17.4 Å². The molecule has 0 unspecified atom stereocenters. The van der Waals surface area contributed by atoms with Crippen LogP contribution < -0.4 is 0 Å². The first-order chi connectivity index (χ1) is 2.00. The Morgan fingerprint density at radius 1 is 1.29 bits per heavy atom. The van der Waals surface area contributed by atoms with E-state index in [9.17, 15) is 0 Å². The summed E-state index contributed by atoms with van der Waals surface area (Å²) in [5, 5.41) is 0. The standard InChI is InChI=1S/Al.Mg.H3O4P.5H/c;;1-5(2,3)4;;;;;/h;;(H3,1,2,3,4);;;;;/q;+2;;;;;2*-1. The van der Waals surface area contributed by atoms with Crippen molar-refractivity contribution in [3.05, 3.63) is 0 Å². The molecule has 0 aliphatic heterocycles. The Bertz CT molecular complexity index is 64.7. The fourth-order valence-corrected chi connectivity index (χ4v) is 0. The van der Waals surface area contributed by atoms with Crippen molar-refractivity contribution in [2.24, 2.45) is 0 Å². The van der Waals surface area contributed by atoms with E-state index in [-0.39, 0.29) is 43.3 Å². The minimum atomic E-state index is -4.64. The zero-order valence-electron chi connectivity index (χ0n) is 4.90. The fraction of sp³-hybridized carbons (Fsp3) is 0. The van der Waals surface area contributed by atoms with Crippen LogP contribution in [0.2, 0.25) is 0 Å². The smallest absolute Gasteiger partial charge is 1.00 e. The van der Waals surface area contributed by atoms with E-state index in [4.69, 9.17) is 19.2 Å². The van der Waals surface area contributed by atoms with Crippen LogP contribution >= 0.6 is 7.82 Å². The van der Waals surface area contributed by atoms with E-state index in [0.717, 1.165) is 0 Å². The Morgan fingerprint density at radius 2 is 1.29 bits per heavy atom. The van der Waals surface area contributed by atoms with Gasteiger partial charge in [-0.25, -0.2) is 4.57 Å². The molecule has 0 saturated heterocycles. The van der Waals surface area contributed by atoms with Crippen LogP contribution in [-0.2, 0) is 4.57 Å². The first kappa shape index (κ1) is 15.8. The van der Waals surface area contributed by atoms with Crippen LogP contribution in [-0.4, -0.2) is 55.1 Å². The molecule has 0 aromatic heterocycles. The number of hydrogen-bond acceptors (Lipinski definition) is 1. The summed E-state index contributed by atoms with van der Waals surface area (Å²) in [6, 6.07) is 0. The summed E-state index contributed by atoms with van der Waals surface area (Å²) in [5.41, 5.74) is 0. The molecule has 0 radical (unpaired) electrons. The largest absolute Gasteiger partial charge is 2.00 e. The second-order valence-corrected chi connectivity index (χ2v) is 1.54. The van der Waals surface area contributed by atoms with Gasteiger partial charge in [0.25, 0.3) is 0 Å². The molecule has 0 aliphatic rings. The molecular weight excluding hydrogens is 146 g/mol. The average molecular weight is 154 g/mol. The Balaban J connectivity index is -0.0000000133. The Morgan fingerprint density at radius 3 is 1.29 bits per heavy atom. The van der Waals surface area contributed by atoms with Crippen molar-refractivity contribution in [1.82, 2.24) is 0 Å². The molecule has 0 bridgehead atoms. The molecule has 0 aromatic carbocycles. The van der Waals surface area contributed by atoms with Crippen LogP contribution in [0.1, 0.15) is 2.85 Å². The summed E-state index contributed by atoms with van der Waals surface area (Å²) < 4.78 is 8.88. The number of phosphoric acid groups is 1. The third kappa shape index (κ3) is 109. The molecule has 0 rings (SSSR count). The molecule has 0 aromatic rings. The third-order valence-corrected chi connectivity index (χ3v) is 0. The van der Waals surface area contributed by atoms with Crippen molar-refractivity contribution < 1.29 is 22.1 Å². The SMILES string of the molecule is O=P(O)(O)O.[AlH3].[H-].[H-].[Mg+2]. The normalized spacial score (nSPS) is 8.43. The van der Waals surface area contributed by atoms with Gasteiger partial charge in [-0.05, 0) is 0 Å². The molecular formula is H8AlMgO4P. The Labute approximate surface area is 70.4 Å². The van der Waals surface area contributed by atoms with Gasteiger partial charge < -0.3 is 17.5 Å². The monoisotopic (exact) mass is 154 g/mol. The van der Waals surface area contributed by atoms with E-state index >= 15 is 0 Å². The molecule has 4 nitrogen and oxygen atoms in total. The zero-order valence-corrected chi connectivity index (χ0v) is 5.21. The average Bonchev–Trinajstić information content (AvgIpc) is 0.722. The van der Waals surface area contributed by atoms with Gasteiger partial charge in [0.1, 0.15) is 0 Å². The maximum atomic E-state index is 8.88. The summed E-state index contributed by atoms with van der Waals surface area (Å²) in [5.74, 6) is 0. The van der Waals surface area contributed by atoms with Gasteiger partial charge in [0.05, 0.1) is 0 Å². The maximum absolute atomic E-state index is 8.88. The summed E-state index contributed by atoms with van der Waals surface area (Å²) in [7, 11) is -4.64. The molecule has 0 amide bonds. The van der Waals surface area contributed by atoms with Crippen molar-refractivity contribution in [1.29, 1.82) is 0 Å². The van der Waals surface area contributed by atoms with Crippen LogP contribution in [0.3, 0.4) is 0 Å². The van der Waals surface area contributed by atoms with E-state index in [1.54, 1.807) is 0 Å². The zero-order chi connectivity index (χ0) is 4.50. The number of hydrogen-bond donors (Lipinski definition) is 3. The summed E-state index contributed by atoms with van der Waals surface area (Å²) in [6.07, 6.45) is 0. The van der Waals surface area contributed by atoms with Gasteiger partial charge in [-0.3, -0.25) is 0 Å². The summed E-state index contributed by atoms with van der Waals surface area (Å²) >= 11 is 0. The minimum Gasteiger partial charge on any atom is -1.00 e. The van der Waals surface area contributed by atoms with E-state index < -0.39 is 7.82 Å². The van der Waals surface area contributed by atoms with Crippen molar-refractivity contribution in [3.63, 3.8) is 0 Å². The molecule has 0 atom stereocenters. The molecule has 42 valence electrons. The predicted molar refractivity (Wildman–Crippen MR) is 32.2 cm³/mol. The van der Waals surface area contributed by atoms with E-state index in [1.165, 1.54) is 0 Å². The van der Waals surface area contributed by atoms with Crippen LogP contribution in [0.5, 0.6) is 0 Å². The first-order valence-corrected chi connectivity index (χ1v) is 2.35. The first-order valence-electron chi connectivity index (χ1n) is 0.783. The maximum Gasteiger partial charge on any atom is 2.00 e. The van der Waals surface area contributed by atoms with Crippen molar-refractivity contribution >= 4 is 48.2 Å². The third-order valence-electron chi connectivity index (χ3n) is 0. The van der Waals surface area contributed by atoms with E-state index in [2.05, 4.69) is 0 Å². The fourth-order valence-electron chi connectivity index (χ4n) is 0. The van der Waals surface area contributed by atoms with Gasteiger partial charge in [-0.15, -0.1) is 0 Å². The Kier molecular flexibility index (Phi) is 12.5. The predicted octanol–water partition coefficient (Wildman–Crippen LogP) is -2.27. The molecule has 7 heteroatoms. The van der Waals surface area contributed by atoms with Crippen molar-refractivity contribution in [2.45, 2.75) is 0 Å². The summed E-state index contributed by atoms with van der Waals surface area (Å²) in [4.78, 5) is 21.6. The molecule has 0 fully saturated rings. The van der Waals surface area contributed by atoms with E-state index in [1.807, 2.05) is 0 Å². The molecule has 0 saturated carbocycles. The van der Waals surface area contributed by atoms with Crippen LogP contribution in [0.4, 0.5) is 0 Å². The van der Waals surface area contributed by atoms with Crippen molar-refractivity contribution in [2.75, 3.05) is 0 Å². The minimum absolute atomic E-state index is 0. The molecule has 0 spiro atoms. The summed E-state index contributed by atoms with van der Waals surface area (Å²) in [6.45, 7) is 0. The second kappa shape index (κ2) is 5.54.